The molecule has 8 nitrogen and oxygen atoms in total. The predicted molar refractivity (Wildman–Crippen MR) is 112 cm³/mol. The highest BCUT2D eigenvalue weighted by atomic mass is 16.4. The fourth-order valence-electron chi connectivity index (χ4n) is 4.31. The summed E-state index contributed by atoms with van der Waals surface area (Å²) in [6.07, 6.45) is 3.01. The van der Waals surface area contributed by atoms with Crippen molar-refractivity contribution in [1.29, 1.82) is 0 Å². The van der Waals surface area contributed by atoms with Crippen LogP contribution in [-0.2, 0) is 4.79 Å². The number of carbonyl (C=O) groups excluding carboxylic acids is 1. The van der Waals surface area contributed by atoms with Crippen molar-refractivity contribution in [2.24, 2.45) is 5.92 Å². The van der Waals surface area contributed by atoms with Crippen LogP contribution in [0.4, 0.5) is 4.79 Å². The van der Waals surface area contributed by atoms with Crippen molar-refractivity contribution in [1.82, 2.24) is 19.4 Å². The van der Waals surface area contributed by atoms with E-state index in [0.29, 0.717) is 13.1 Å². The van der Waals surface area contributed by atoms with Crippen molar-refractivity contribution in [2.75, 3.05) is 57.8 Å². The molecule has 1 aromatic heterocycles. The molecule has 2 aliphatic rings. The number of rotatable bonds is 5. The molecule has 0 aliphatic carbocycles. The summed E-state index contributed by atoms with van der Waals surface area (Å²) in [5.74, 6) is 0.0693. The first-order valence-electron chi connectivity index (χ1n) is 10.4. The van der Waals surface area contributed by atoms with Crippen molar-refractivity contribution in [3.63, 3.8) is 0 Å². The minimum atomic E-state index is -0.829. The van der Waals surface area contributed by atoms with Crippen molar-refractivity contribution in [3.8, 4) is 0 Å². The highest BCUT2D eigenvalue weighted by Gasteiger charge is 2.27. The Morgan fingerprint density at radius 3 is 2.55 bits per heavy atom. The third kappa shape index (κ3) is 4.71. The van der Waals surface area contributed by atoms with Gasteiger partial charge in [-0.25, -0.2) is 4.79 Å². The molecule has 2 aliphatic heterocycles. The molecule has 4 rings (SSSR count). The molecule has 1 aromatic carbocycles. The molecule has 0 spiro atoms. The van der Waals surface area contributed by atoms with E-state index in [4.69, 9.17) is 5.11 Å². The number of fused-ring (bicyclic) bond motifs is 1. The SMILES string of the molecule is O=C(Nn1ccc2ccccc21)C1CCCN(CCN2CCN(C(=O)O)CC2)C1. The Hall–Kier alpha value is -2.58. The summed E-state index contributed by atoms with van der Waals surface area (Å²) in [5, 5.41) is 10.2. The van der Waals surface area contributed by atoms with Crippen LogP contribution < -0.4 is 5.43 Å². The molecule has 0 saturated carbocycles. The molecule has 2 fully saturated rings. The zero-order valence-corrected chi connectivity index (χ0v) is 16.7. The zero-order valence-electron chi connectivity index (χ0n) is 16.7. The van der Waals surface area contributed by atoms with Crippen LogP contribution >= 0.6 is 0 Å². The normalized spacial score (nSPS) is 21.4. The lowest BCUT2D eigenvalue weighted by atomic mass is 9.97. The van der Waals surface area contributed by atoms with Crippen molar-refractivity contribution < 1.29 is 14.7 Å². The second-order valence-corrected chi connectivity index (χ2v) is 7.97. The largest absolute Gasteiger partial charge is 0.465 e. The van der Waals surface area contributed by atoms with Gasteiger partial charge in [0.25, 0.3) is 0 Å². The molecule has 0 bridgehead atoms. The number of aromatic nitrogens is 1. The topological polar surface area (TPSA) is 81.1 Å². The molecule has 1 unspecified atom stereocenters. The first kappa shape index (κ1) is 19.7. The number of hydrogen-bond donors (Lipinski definition) is 2. The Morgan fingerprint density at radius 1 is 1.00 bits per heavy atom. The molecular weight excluding hydrogens is 370 g/mol. The van der Waals surface area contributed by atoms with Gasteiger partial charge in [0, 0.05) is 57.4 Å². The summed E-state index contributed by atoms with van der Waals surface area (Å²) < 4.78 is 1.82. The molecule has 3 heterocycles. The highest BCUT2D eigenvalue weighted by Crippen LogP contribution is 2.19. The van der Waals surface area contributed by atoms with E-state index in [9.17, 15) is 9.59 Å². The maximum Gasteiger partial charge on any atom is 0.407 e. The maximum atomic E-state index is 12.8. The smallest absolute Gasteiger partial charge is 0.407 e. The minimum absolute atomic E-state index is 0.00577. The lowest BCUT2D eigenvalue weighted by Gasteiger charge is -2.36. The van der Waals surface area contributed by atoms with Crippen LogP contribution in [0.15, 0.2) is 36.5 Å². The van der Waals surface area contributed by atoms with Crippen molar-refractivity contribution in [3.05, 3.63) is 36.5 Å². The number of nitrogens with zero attached hydrogens (tertiary/aromatic N) is 4. The number of nitrogens with one attached hydrogen (secondary N) is 1. The molecule has 2 N–H and O–H groups in total. The van der Waals surface area contributed by atoms with Gasteiger partial charge in [-0.15, -0.1) is 0 Å². The van der Waals surface area contributed by atoms with E-state index in [1.54, 1.807) is 0 Å². The summed E-state index contributed by atoms with van der Waals surface area (Å²) in [6.45, 7) is 6.35. The van der Waals surface area contributed by atoms with E-state index < -0.39 is 6.09 Å². The van der Waals surface area contributed by atoms with Crippen LogP contribution in [0.3, 0.4) is 0 Å². The van der Waals surface area contributed by atoms with E-state index in [-0.39, 0.29) is 11.8 Å². The van der Waals surface area contributed by atoms with Crippen LogP contribution in [0.25, 0.3) is 10.9 Å². The summed E-state index contributed by atoms with van der Waals surface area (Å²) in [4.78, 5) is 30.0. The van der Waals surface area contributed by atoms with Crippen molar-refractivity contribution in [2.45, 2.75) is 12.8 Å². The van der Waals surface area contributed by atoms with Crippen LogP contribution in [0.1, 0.15) is 12.8 Å². The van der Waals surface area contributed by atoms with Crippen LogP contribution in [-0.4, -0.2) is 88.8 Å². The molecule has 1 atom stereocenters. The minimum Gasteiger partial charge on any atom is -0.465 e. The molecule has 0 radical (unpaired) electrons. The number of benzene rings is 1. The highest BCUT2D eigenvalue weighted by molar-refractivity contribution is 5.89. The lowest BCUT2D eigenvalue weighted by molar-refractivity contribution is -0.122. The van der Waals surface area contributed by atoms with E-state index in [2.05, 4.69) is 15.2 Å². The van der Waals surface area contributed by atoms with Crippen LogP contribution in [0, 0.1) is 5.92 Å². The zero-order chi connectivity index (χ0) is 20.2. The van der Waals surface area contributed by atoms with Gasteiger partial charge >= 0.3 is 6.09 Å². The standard InChI is InChI=1S/C21H29N5O3/c27-20(22-26-9-7-17-4-1-2-6-19(17)26)18-5-3-8-24(16-18)11-10-23-12-14-25(15-13-23)21(28)29/h1-2,4,6-7,9,18H,3,5,8,10-16H2,(H,22,27)(H,28,29). The van der Waals surface area contributed by atoms with Gasteiger partial charge in [-0.1, -0.05) is 18.2 Å². The maximum absolute atomic E-state index is 12.8. The number of hydrogen-bond acceptors (Lipinski definition) is 4. The van der Waals surface area contributed by atoms with E-state index in [1.165, 1.54) is 4.90 Å². The molecule has 2 amide bonds. The first-order chi connectivity index (χ1) is 14.1. The first-order valence-corrected chi connectivity index (χ1v) is 10.4. The number of amides is 2. The summed E-state index contributed by atoms with van der Waals surface area (Å²) in [7, 11) is 0. The second kappa shape index (κ2) is 8.84. The predicted octanol–water partition coefficient (Wildman–Crippen LogP) is 1.72. The van der Waals surface area contributed by atoms with Gasteiger partial charge in [-0.2, -0.15) is 0 Å². The number of likely N-dealkylation sites (tertiary alicyclic amines) is 1. The number of piperidine rings is 1. The second-order valence-electron chi connectivity index (χ2n) is 7.97. The van der Waals surface area contributed by atoms with Crippen LogP contribution in [0.5, 0.6) is 0 Å². The summed E-state index contributed by atoms with van der Waals surface area (Å²) >= 11 is 0. The number of carbonyl (C=O) groups is 2. The van der Waals surface area contributed by atoms with Gasteiger partial charge in [0.15, 0.2) is 0 Å². The Kier molecular flexibility index (Phi) is 6.01. The fraction of sp³-hybridized carbons (Fsp3) is 0.524. The van der Waals surface area contributed by atoms with Gasteiger partial charge in [0.2, 0.25) is 5.91 Å². The Balaban J connectivity index is 1.26. The van der Waals surface area contributed by atoms with E-state index in [0.717, 1.165) is 63.0 Å². The Morgan fingerprint density at radius 2 is 1.76 bits per heavy atom. The van der Waals surface area contributed by atoms with Crippen molar-refractivity contribution >= 4 is 22.9 Å². The van der Waals surface area contributed by atoms with Gasteiger partial charge in [-0.3, -0.25) is 19.8 Å². The van der Waals surface area contributed by atoms with E-state index >= 15 is 0 Å². The fourth-order valence-corrected chi connectivity index (χ4v) is 4.31. The molecule has 2 saturated heterocycles. The van der Waals surface area contributed by atoms with Gasteiger partial charge in [0.1, 0.15) is 0 Å². The number of piperazine rings is 1. The monoisotopic (exact) mass is 399 g/mol. The average molecular weight is 399 g/mol. The lowest BCUT2D eigenvalue weighted by Crippen LogP contribution is -2.51. The molecular formula is C21H29N5O3. The average Bonchev–Trinajstić information content (AvgIpc) is 3.15. The van der Waals surface area contributed by atoms with E-state index in [1.807, 2.05) is 41.2 Å². The van der Waals surface area contributed by atoms with Gasteiger partial charge in [-0.05, 0) is 31.5 Å². The molecule has 2 aromatic rings. The summed E-state index contributed by atoms with van der Waals surface area (Å²) in [6, 6.07) is 10.0. The third-order valence-corrected chi connectivity index (χ3v) is 6.08. The van der Waals surface area contributed by atoms with Gasteiger partial charge < -0.3 is 14.9 Å². The Bertz CT molecular complexity index is 859. The quantitative estimate of drug-likeness (QED) is 0.800. The number of para-hydroxylation sites is 1. The van der Waals surface area contributed by atoms with Gasteiger partial charge in [0.05, 0.1) is 11.4 Å². The summed E-state index contributed by atoms with van der Waals surface area (Å²) in [5.41, 5.74) is 4.06. The Labute approximate surface area is 170 Å². The molecule has 8 heteroatoms. The third-order valence-electron chi connectivity index (χ3n) is 6.08. The molecule has 156 valence electrons. The number of carboxylic acid groups (broad SMARTS) is 1. The molecule has 29 heavy (non-hydrogen) atoms. The van der Waals surface area contributed by atoms with Crippen LogP contribution in [0.2, 0.25) is 0 Å².